The molecule has 0 amide bonds. The van der Waals surface area contributed by atoms with E-state index in [0.717, 1.165) is 10.3 Å². The third kappa shape index (κ3) is 2.61. The van der Waals surface area contributed by atoms with Crippen molar-refractivity contribution in [3.8, 4) is 0 Å². The minimum atomic E-state index is -0.408. The second kappa shape index (κ2) is 6.06. The van der Waals surface area contributed by atoms with Crippen LogP contribution in [-0.2, 0) is 27.2 Å². The van der Waals surface area contributed by atoms with Crippen molar-refractivity contribution in [2.75, 3.05) is 0 Å². The van der Waals surface area contributed by atoms with E-state index in [0.29, 0.717) is 29.9 Å². The Labute approximate surface area is 147 Å². The van der Waals surface area contributed by atoms with Gasteiger partial charge in [0.05, 0.1) is 31.3 Å². The van der Waals surface area contributed by atoms with Crippen LogP contribution in [0.1, 0.15) is 11.4 Å². The van der Waals surface area contributed by atoms with Crippen LogP contribution >= 0.6 is 0 Å². The van der Waals surface area contributed by atoms with Crippen LogP contribution in [0.4, 0.5) is 0 Å². The first kappa shape index (κ1) is 15.9. The standard InChI is InChI=1S/C16H16N8O2/c1-21-14-13(15(25)22(2)16(21)26)23(10-18-14)7-12-9-24(20-19-12)8-11-5-3-4-6-17-11/h3-6,9-10H,7-8H2,1-2H3. The summed E-state index contributed by atoms with van der Waals surface area (Å²) in [6, 6.07) is 5.68. The van der Waals surface area contributed by atoms with Gasteiger partial charge in [0, 0.05) is 20.3 Å². The van der Waals surface area contributed by atoms with Crippen molar-refractivity contribution in [1.29, 1.82) is 0 Å². The third-order valence-corrected chi connectivity index (χ3v) is 4.19. The molecule has 0 atom stereocenters. The topological polar surface area (TPSA) is 105 Å². The predicted octanol–water partition coefficient (Wildman–Crippen LogP) is -0.483. The van der Waals surface area contributed by atoms with Crippen molar-refractivity contribution in [3.05, 3.63) is 69.1 Å². The molecule has 0 aliphatic carbocycles. The fourth-order valence-electron chi connectivity index (χ4n) is 2.84. The summed E-state index contributed by atoms with van der Waals surface area (Å²) in [5.74, 6) is 0. The van der Waals surface area contributed by atoms with Crippen LogP contribution in [0.5, 0.6) is 0 Å². The monoisotopic (exact) mass is 352 g/mol. The van der Waals surface area contributed by atoms with E-state index in [2.05, 4.69) is 20.3 Å². The Hall–Kier alpha value is -3.56. The Morgan fingerprint density at radius 2 is 1.85 bits per heavy atom. The van der Waals surface area contributed by atoms with Crippen molar-refractivity contribution in [3.63, 3.8) is 0 Å². The van der Waals surface area contributed by atoms with Crippen molar-refractivity contribution < 1.29 is 0 Å². The van der Waals surface area contributed by atoms with E-state index >= 15 is 0 Å². The van der Waals surface area contributed by atoms with Gasteiger partial charge in [-0.1, -0.05) is 11.3 Å². The number of fused-ring (bicyclic) bond motifs is 1. The first-order chi connectivity index (χ1) is 12.5. The number of hydrogen-bond donors (Lipinski definition) is 0. The quantitative estimate of drug-likeness (QED) is 0.491. The third-order valence-electron chi connectivity index (χ3n) is 4.19. The maximum absolute atomic E-state index is 12.5. The summed E-state index contributed by atoms with van der Waals surface area (Å²) < 4.78 is 5.78. The summed E-state index contributed by atoms with van der Waals surface area (Å²) in [5, 5.41) is 8.24. The normalized spacial score (nSPS) is 11.3. The van der Waals surface area contributed by atoms with Gasteiger partial charge in [0.25, 0.3) is 5.56 Å². The number of hydrogen-bond acceptors (Lipinski definition) is 6. The lowest BCUT2D eigenvalue weighted by Crippen LogP contribution is -2.37. The number of aryl methyl sites for hydroxylation is 1. The summed E-state index contributed by atoms with van der Waals surface area (Å²) in [6.07, 6.45) is 5.06. The van der Waals surface area contributed by atoms with Gasteiger partial charge in [0.1, 0.15) is 5.69 Å². The molecule has 0 bridgehead atoms. The smallest absolute Gasteiger partial charge is 0.318 e. The number of aromatic nitrogens is 8. The van der Waals surface area contributed by atoms with Crippen LogP contribution in [-0.4, -0.2) is 38.7 Å². The van der Waals surface area contributed by atoms with Gasteiger partial charge in [-0.05, 0) is 12.1 Å². The molecule has 0 aliphatic heterocycles. The molecule has 10 heteroatoms. The SMILES string of the molecule is Cn1c(=O)c2c(ncn2Cc2cn(Cc3ccccn3)nn2)n(C)c1=O. The molecule has 0 aliphatic rings. The number of nitrogens with zero attached hydrogens (tertiary/aromatic N) is 8. The van der Waals surface area contributed by atoms with Gasteiger partial charge in [-0.15, -0.1) is 5.10 Å². The first-order valence-electron chi connectivity index (χ1n) is 7.94. The van der Waals surface area contributed by atoms with E-state index in [1.807, 2.05) is 18.2 Å². The van der Waals surface area contributed by atoms with Crippen LogP contribution < -0.4 is 11.2 Å². The zero-order valence-electron chi connectivity index (χ0n) is 14.3. The van der Waals surface area contributed by atoms with E-state index in [-0.39, 0.29) is 5.56 Å². The maximum Gasteiger partial charge on any atom is 0.332 e. The number of rotatable bonds is 4. The number of imidazole rings is 1. The first-order valence-corrected chi connectivity index (χ1v) is 7.94. The Kier molecular flexibility index (Phi) is 3.72. The van der Waals surface area contributed by atoms with Gasteiger partial charge >= 0.3 is 5.69 Å². The largest absolute Gasteiger partial charge is 0.332 e. The van der Waals surface area contributed by atoms with Gasteiger partial charge in [0.15, 0.2) is 11.2 Å². The molecule has 26 heavy (non-hydrogen) atoms. The zero-order valence-corrected chi connectivity index (χ0v) is 14.3. The van der Waals surface area contributed by atoms with Crippen molar-refractivity contribution in [2.24, 2.45) is 14.1 Å². The van der Waals surface area contributed by atoms with Crippen LogP contribution in [0.3, 0.4) is 0 Å². The Morgan fingerprint density at radius 1 is 1.00 bits per heavy atom. The van der Waals surface area contributed by atoms with Gasteiger partial charge in [-0.3, -0.25) is 18.9 Å². The molecule has 0 radical (unpaired) electrons. The number of pyridine rings is 1. The van der Waals surface area contributed by atoms with E-state index in [1.165, 1.54) is 17.9 Å². The van der Waals surface area contributed by atoms with E-state index in [9.17, 15) is 9.59 Å². The molecule has 0 saturated heterocycles. The highest BCUT2D eigenvalue weighted by Crippen LogP contribution is 2.08. The van der Waals surface area contributed by atoms with E-state index < -0.39 is 5.69 Å². The summed E-state index contributed by atoms with van der Waals surface area (Å²) in [6.45, 7) is 0.834. The fraction of sp³-hybridized carbons (Fsp3) is 0.250. The summed E-state index contributed by atoms with van der Waals surface area (Å²) in [5.41, 5.74) is 1.46. The molecule has 10 nitrogen and oxygen atoms in total. The van der Waals surface area contributed by atoms with Gasteiger partial charge in [-0.25, -0.2) is 14.5 Å². The minimum absolute atomic E-state index is 0.326. The maximum atomic E-state index is 12.5. The highest BCUT2D eigenvalue weighted by atomic mass is 16.2. The highest BCUT2D eigenvalue weighted by molar-refractivity contribution is 5.70. The molecule has 132 valence electrons. The molecule has 4 aromatic heterocycles. The Balaban J connectivity index is 1.67. The van der Waals surface area contributed by atoms with Gasteiger partial charge < -0.3 is 4.57 Å². The highest BCUT2D eigenvalue weighted by Gasteiger charge is 2.15. The minimum Gasteiger partial charge on any atom is -0.318 e. The average Bonchev–Trinajstić information content (AvgIpc) is 3.26. The van der Waals surface area contributed by atoms with E-state index in [1.54, 1.807) is 28.7 Å². The summed E-state index contributed by atoms with van der Waals surface area (Å²) >= 11 is 0. The summed E-state index contributed by atoms with van der Waals surface area (Å²) in [4.78, 5) is 32.9. The molecular weight excluding hydrogens is 336 g/mol. The molecule has 0 N–H and O–H groups in total. The Bertz CT molecular complexity index is 1200. The molecular formula is C16H16N8O2. The lowest BCUT2D eigenvalue weighted by atomic mass is 10.3. The van der Waals surface area contributed by atoms with Crippen molar-refractivity contribution in [2.45, 2.75) is 13.1 Å². The Morgan fingerprint density at radius 3 is 2.62 bits per heavy atom. The zero-order chi connectivity index (χ0) is 18.3. The van der Waals surface area contributed by atoms with Crippen LogP contribution in [0, 0.1) is 0 Å². The van der Waals surface area contributed by atoms with Crippen LogP contribution in [0.2, 0.25) is 0 Å². The summed E-state index contributed by atoms with van der Waals surface area (Å²) in [7, 11) is 3.04. The molecule has 4 rings (SSSR count). The predicted molar refractivity (Wildman–Crippen MR) is 92.7 cm³/mol. The molecule has 0 fully saturated rings. The average molecular weight is 352 g/mol. The molecule has 0 saturated carbocycles. The molecule has 4 aromatic rings. The molecule has 4 heterocycles. The van der Waals surface area contributed by atoms with Gasteiger partial charge in [0.2, 0.25) is 0 Å². The van der Waals surface area contributed by atoms with Crippen molar-refractivity contribution >= 4 is 11.2 Å². The molecule has 0 unspecified atom stereocenters. The second-order valence-corrected chi connectivity index (χ2v) is 5.98. The lowest BCUT2D eigenvalue weighted by molar-refractivity contribution is 0.638. The van der Waals surface area contributed by atoms with Crippen LogP contribution in [0.25, 0.3) is 11.2 Å². The van der Waals surface area contributed by atoms with Crippen LogP contribution in [0.15, 0.2) is 46.5 Å². The van der Waals surface area contributed by atoms with Gasteiger partial charge in [-0.2, -0.15) is 0 Å². The fourth-order valence-corrected chi connectivity index (χ4v) is 2.84. The molecule has 0 aromatic carbocycles. The second-order valence-electron chi connectivity index (χ2n) is 5.98. The molecule has 0 spiro atoms. The van der Waals surface area contributed by atoms with Crippen molar-refractivity contribution in [1.82, 2.24) is 38.7 Å². The van der Waals surface area contributed by atoms with E-state index in [4.69, 9.17) is 0 Å². The lowest BCUT2D eigenvalue weighted by Gasteiger charge is -2.05.